The number of aromatic amines is 1. The van der Waals surface area contributed by atoms with E-state index in [0.29, 0.717) is 11.3 Å². The molecule has 0 spiro atoms. The molecule has 0 aliphatic rings. The van der Waals surface area contributed by atoms with E-state index in [1.807, 2.05) is 0 Å². The van der Waals surface area contributed by atoms with Crippen molar-refractivity contribution in [3.05, 3.63) is 79.6 Å². The van der Waals surface area contributed by atoms with Crippen LogP contribution in [0.5, 0.6) is 5.88 Å². The van der Waals surface area contributed by atoms with Crippen molar-refractivity contribution < 1.29 is 14.3 Å². The average molecular weight is 418 g/mol. The van der Waals surface area contributed by atoms with Crippen molar-refractivity contribution >= 4 is 41.5 Å². The largest absolute Gasteiger partial charge is 0.494 e. The van der Waals surface area contributed by atoms with Crippen molar-refractivity contribution in [1.29, 1.82) is 0 Å². The van der Waals surface area contributed by atoms with Crippen molar-refractivity contribution in [2.75, 3.05) is 0 Å². The highest BCUT2D eigenvalue weighted by atomic mass is 35.5. The molecule has 1 aromatic heterocycles. The molecule has 0 unspecified atom stereocenters. The number of rotatable bonds is 4. The lowest BCUT2D eigenvalue weighted by Crippen LogP contribution is -2.18. The number of aliphatic imine (C=N–C) groups is 1. The number of carbonyl (C=O) groups excluding carboxylic acids is 1. The molecule has 0 fully saturated rings. The van der Waals surface area contributed by atoms with E-state index >= 15 is 0 Å². The average Bonchev–Trinajstić information content (AvgIpc) is 2.64. The maximum absolute atomic E-state index is 13.4. The Morgan fingerprint density at radius 1 is 1.32 bits per heavy atom. The number of H-pyrrole nitrogens is 1. The molecule has 0 radical (unpaired) electrons. The zero-order valence-electron chi connectivity index (χ0n) is 14.4. The van der Waals surface area contributed by atoms with Gasteiger partial charge in [0, 0.05) is 11.8 Å². The first-order valence-electron chi connectivity index (χ1n) is 7.96. The van der Waals surface area contributed by atoms with E-state index in [4.69, 9.17) is 23.8 Å². The van der Waals surface area contributed by atoms with Gasteiger partial charge in [0.05, 0.1) is 16.4 Å². The SMILES string of the molecule is CC(=O)c1cccc(N=Cc2c(O)n(-c3ccc(F)c(Cl)c3)c(=S)[nH]c2=O)c1. The molecule has 6 nitrogen and oxygen atoms in total. The highest BCUT2D eigenvalue weighted by Gasteiger charge is 2.14. The zero-order valence-corrected chi connectivity index (χ0v) is 16.0. The molecule has 0 saturated carbocycles. The molecule has 0 atom stereocenters. The van der Waals surface area contributed by atoms with E-state index < -0.39 is 17.3 Å². The Hall–Kier alpha value is -3.10. The number of Topliss-reactive ketones (excluding diaryl/α,β-unsaturated/α-hetero) is 1. The molecular weight excluding hydrogens is 405 g/mol. The van der Waals surface area contributed by atoms with Crippen molar-refractivity contribution in [3.63, 3.8) is 0 Å². The third-order valence-electron chi connectivity index (χ3n) is 3.88. The number of carbonyl (C=O) groups is 1. The molecule has 3 aromatic rings. The maximum Gasteiger partial charge on any atom is 0.264 e. The summed E-state index contributed by atoms with van der Waals surface area (Å²) in [4.78, 5) is 30.3. The second kappa shape index (κ2) is 7.87. The molecule has 2 N–H and O–H groups in total. The first-order chi connectivity index (χ1) is 13.3. The van der Waals surface area contributed by atoms with Gasteiger partial charge in [-0.1, -0.05) is 23.7 Å². The highest BCUT2D eigenvalue weighted by molar-refractivity contribution is 7.71. The van der Waals surface area contributed by atoms with Crippen LogP contribution in [0.15, 0.2) is 52.3 Å². The number of ketones is 1. The van der Waals surface area contributed by atoms with E-state index in [1.54, 1.807) is 24.3 Å². The van der Waals surface area contributed by atoms with Crippen molar-refractivity contribution in [2.45, 2.75) is 6.92 Å². The molecule has 0 bridgehead atoms. The summed E-state index contributed by atoms with van der Waals surface area (Å²) >= 11 is 10.9. The Bertz CT molecular complexity index is 1230. The Kier molecular flexibility index (Phi) is 5.53. The zero-order chi connectivity index (χ0) is 20.4. The Morgan fingerprint density at radius 2 is 2.07 bits per heavy atom. The molecule has 1 heterocycles. The van der Waals surface area contributed by atoms with Gasteiger partial charge in [-0.2, -0.15) is 0 Å². The van der Waals surface area contributed by atoms with Crippen molar-refractivity contribution in [1.82, 2.24) is 9.55 Å². The monoisotopic (exact) mass is 417 g/mol. The predicted molar refractivity (Wildman–Crippen MR) is 108 cm³/mol. The van der Waals surface area contributed by atoms with E-state index in [1.165, 1.54) is 19.1 Å². The van der Waals surface area contributed by atoms with Crippen LogP contribution in [0.3, 0.4) is 0 Å². The summed E-state index contributed by atoms with van der Waals surface area (Å²) in [5.41, 5.74) is 0.328. The number of nitrogens with one attached hydrogen (secondary N) is 1. The third-order valence-corrected chi connectivity index (χ3v) is 4.45. The fourth-order valence-electron chi connectivity index (χ4n) is 2.46. The number of aromatic hydroxyl groups is 1. The summed E-state index contributed by atoms with van der Waals surface area (Å²) in [5.74, 6) is -1.24. The summed E-state index contributed by atoms with van der Waals surface area (Å²) in [6.07, 6.45) is 1.16. The second-order valence-corrected chi connectivity index (χ2v) is 6.59. The Balaban J connectivity index is 2.11. The van der Waals surface area contributed by atoms with Gasteiger partial charge in [0.1, 0.15) is 11.4 Å². The minimum Gasteiger partial charge on any atom is -0.494 e. The van der Waals surface area contributed by atoms with Gasteiger partial charge in [-0.05, 0) is 49.5 Å². The van der Waals surface area contributed by atoms with Crippen LogP contribution in [-0.4, -0.2) is 26.7 Å². The van der Waals surface area contributed by atoms with Gasteiger partial charge in [0.2, 0.25) is 5.88 Å². The quantitative estimate of drug-likeness (QED) is 0.375. The van der Waals surface area contributed by atoms with Crippen molar-refractivity contribution in [2.24, 2.45) is 4.99 Å². The molecule has 0 amide bonds. The molecule has 142 valence electrons. The second-order valence-electron chi connectivity index (χ2n) is 5.80. The lowest BCUT2D eigenvalue weighted by atomic mass is 10.1. The van der Waals surface area contributed by atoms with Crippen LogP contribution in [0.1, 0.15) is 22.8 Å². The number of hydrogen-bond donors (Lipinski definition) is 2. The molecule has 3 rings (SSSR count). The molecule has 0 aliphatic carbocycles. The van der Waals surface area contributed by atoms with Crippen LogP contribution in [0.4, 0.5) is 10.1 Å². The standard InChI is InChI=1S/C19H13ClFN3O3S/c1-10(25)11-3-2-4-12(7-11)22-9-14-17(26)23-19(28)24(18(14)27)13-5-6-16(21)15(20)8-13/h2-9,27H,1H3,(H,23,26,28). The summed E-state index contributed by atoms with van der Waals surface area (Å²) in [6.45, 7) is 1.43. The Labute approximate surface area is 168 Å². The van der Waals surface area contributed by atoms with Crippen LogP contribution >= 0.6 is 23.8 Å². The Morgan fingerprint density at radius 3 is 2.75 bits per heavy atom. The number of halogens is 2. The van der Waals surface area contributed by atoms with Gasteiger partial charge in [-0.15, -0.1) is 0 Å². The number of benzene rings is 2. The van der Waals surface area contributed by atoms with Crippen LogP contribution < -0.4 is 5.56 Å². The summed E-state index contributed by atoms with van der Waals surface area (Å²) in [6, 6.07) is 10.2. The van der Waals surface area contributed by atoms with Gasteiger partial charge in [0.15, 0.2) is 10.6 Å². The first kappa shape index (κ1) is 19.7. The summed E-state index contributed by atoms with van der Waals surface area (Å²) in [7, 11) is 0. The third kappa shape index (κ3) is 3.92. The minimum atomic E-state index is -0.654. The highest BCUT2D eigenvalue weighted by Crippen LogP contribution is 2.24. The van der Waals surface area contributed by atoms with Crippen LogP contribution in [0.2, 0.25) is 5.02 Å². The topological polar surface area (TPSA) is 87.4 Å². The van der Waals surface area contributed by atoms with Gasteiger partial charge in [0.25, 0.3) is 5.56 Å². The smallest absolute Gasteiger partial charge is 0.264 e. The van der Waals surface area contributed by atoms with Gasteiger partial charge < -0.3 is 5.11 Å². The van der Waals surface area contributed by atoms with Gasteiger partial charge in [-0.3, -0.25) is 24.1 Å². The van der Waals surface area contributed by atoms with E-state index in [2.05, 4.69) is 9.98 Å². The summed E-state index contributed by atoms with van der Waals surface area (Å²) in [5, 5.41) is 10.4. The maximum atomic E-state index is 13.4. The number of hydrogen-bond acceptors (Lipinski definition) is 5. The molecular formula is C19H13ClFN3O3S. The fraction of sp³-hybridized carbons (Fsp3) is 0.0526. The van der Waals surface area contributed by atoms with E-state index in [-0.39, 0.29) is 26.8 Å². The predicted octanol–water partition coefficient (Wildman–Crippen LogP) is 4.35. The fourth-order valence-corrected chi connectivity index (χ4v) is 2.92. The number of aromatic nitrogens is 2. The molecule has 0 aliphatic heterocycles. The normalized spacial score (nSPS) is 11.1. The van der Waals surface area contributed by atoms with Crippen LogP contribution in [0, 0.1) is 10.6 Å². The molecule has 0 saturated heterocycles. The number of nitrogens with zero attached hydrogens (tertiary/aromatic N) is 2. The van der Waals surface area contributed by atoms with Crippen LogP contribution in [0.25, 0.3) is 5.69 Å². The van der Waals surface area contributed by atoms with Gasteiger partial charge >= 0.3 is 0 Å². The summed E-state index contributed by atoms with van der Waals surface area (Å²) < 4.78 is 14.5. The molecule has 9 heteroatoms. The van der Waals surface area contributed by atoms with Gasteiger partial charge in [-0.25, -0.2) is 4.39 Å². The lowest BCUT2D eigenvalue weighted by molar-refractivity contribution is 0.101. The minimum absolute atomic E-state index is 0.0964. The van der Waals surface area contributed by atoms with E-state index in [0.717, 1.165) is 16.8 Å². The lowest BCUT2D eigenvalue weighted by Gasteiger charge is -2.11. The first-order valence-corrected chi connectivity index (χ1v) is 8.75. The van der Waals surface area contributed by atoms with E-state index in [9.17, 15) is 19.1 Å². The van der Waals surface area contributed by atoms with Crippen LogP contribution in [-0.2, 0) is 0 Å². The molecule has 2 aromatic carbocycles. The van der Waals surface area contributed by atoms with Crippen molar-refractivity contribution in [3.8, 4) is 11.6 Å². The molecule has 28 heavy (non-hydrogen) atoms.